The summed E-state index contributed by atoms with van der Waals surface area (Å²) in [6.45, 7) is 13.5. The lowest BCUT2D eigenvalue weighted by atomic mass is 9.94. The Hall–Kier alpha value is -4.40. The van der Waals surface area contributed by atoms with Crippen molar-refractivity contribution in [3.63, 3.8) is 0 Å². The average molecular weight is 579 g/mol. The van der Waals surface area contributed by atoms with Crippen LogP contribution in [0.5, 0.6) is 0 Å². The quantitative estimate of drug-likeness (QED) is 0.214. The Morgan fingerprint density at radius 3 is 2.24 bits per heavy atom. The Bertz CT molecular complexity index is 1590. The highest BCUT2D eigenvalue weighted by Gasteiger charge is 2.30. The Morgan fingerprint density at radius 1 is 0.881 bits per heavy atom. The van der Waals surface area contributed by atoms with Crippen molar-refractivity contribution < 1.29 is 22.8 Å². The maximum atomic E-state index is 13.5. The summed E-state index contributed by atoms with van der Waals surface area (Å²) in [6, 6.07) is 15.7. The van der Waals surface area contributed by atoms with Crippen molar-refractivity contribution in [1.82, 2.24) is 10.3 Å². The van der Waals surface area contributed by atoms with Crippen molar-refractivity contribution in [3.05, 3.63) is 94.7 Å². The van der Waals surface area contributed by atoms with Crippen LogP contribution in [-0.4, -0.2) is 16.8 Å². The smallest absolute Gasteiger partial charge is 0.352 e. The molecule has 2 amide bonds. The molecule has 9 heteroatoms. The van der Waals surface area contributed by atoms with Gasteiger partial charge in [-0.2, -0.15) is 13.2 Å². The van der Waals surface area contributed by atoms with Gasteiger partial charge in [-0.05, 0) is 60.9 Å². The van der Waals surface area contributed by atoms with Crippen LogP contribution >= 0.6 is 0 Å². The second-order valence-electron chi connectivity index (χ2n) is 10.7. The molecule has 3 N–H and O–H groups in total. The standard InChI is InChI=1S/C31H31F3N4O2.C2H6/c1-18-12-13-20(17-36-29(40)30(3,4)5)19(2)26(18)28(39)38-25-11-7-10-24-23(25)14-15-35-27(24)37-22-9-6-8-21(16-22)31(32,33)34;1-2/h6-16H,17H2,1-5H3,(H,35,37)(H,36,40)(H,38,39);1-2H3. The van der Waals surface area contributed by atoms with E-state index in [0.29, 0.717) is 34.4 Å². The van der Waals surface area contributed by atoms with Gasteiger partial charge in [0.2, 0.25) is 5.91 Å². The zero-order valence-corrected chi connectivity index (χ0v) is 25.0. The van der Waals surface area contributed by atoms with Crippen molar-refractivity contribution in [2.45, 2.75) is 61.2 Å². The van der Waals surface area contributed by atoms with Crippen LogP contribution in [0.4, 0.5) is 30.4 Å². The van der Waals surface area contributed by atoms with Gasteiger partial charge in [-0.25, -0.2) is 4.98 Å². The summed E-state index contributed by atoms with van der Waals surface area (Å²) in [6.07, 6.45) is -2.93. The van der Waals surface area contributed by atoms with Gasteiger partial charge in [0.25, 0.3) is 5.91 Å². The first-order chi connectivity index (χ1) is 19.8. The number of alkyl halides is 3. The number of carbonyl (C=O) groups excluding carboxylic acids is 2. The van der Waals surface area contributed by atoms with Crippen molar-refractivity contribution in [2.24, 2.45) is 5.41 Å². The van der Waals surface area contributed by atoms with Gasteiger partial charge < -0.3 is 16.0 Å². The predicted octanol–water partition coefficient (Wildman–Crippen LogP) is 8.55. The van der Waals surface area contributed by atoms with Gasteiger partial charge in [0, 0.05) is 45.9 Å². The molecule has 0 atom stereocenters. The van der Waals surface area contributed by atoms with Crippen molar-refractivity contribution >= 4 is 39.8 Å². The number of aryl methyl sites for hydroxylation is 1. The summed E-state index contributed by atoms with van der Waals surface area (Å²) < 4.78 is 39.5. The van der Waals surface area contributed by atoms with E-state index in [9.17, 15) is 22.8 Å². The third kappa shape index (κ3) is 7.46. The molecule has 0 aliphatic carbocycles. The van der Waals surface area contributed by atoms with Crippen molar-refractivity contribution in [3.8, 4) is 0 Å². The lowest BCUT2D eigenvalue weighted by Crippen LogP contribution is -2.34. The number of nitrogens with zero attached hydrogens (tertiary/aromatic N) is 1. The monoisotopic (exact) mass is 578 g/mol. The van der Waals surface area contributed by atoms with Gasteiger partial charge in [-0.15, -0.1) is 0 Å². The van der Waals surface area contributed by atoms with E-state index in [4.69, 9.17) is 0 Å². The number of hydrogen-bond donors (Lipinski definition) is 3. The lowest BCUT2D eigenvalue weighted by molar-refractivity contribution is -0.137. The molecule has 0 fully saturated rings. The second kappa shape index (κ2) is 13.1. The third-order valence-electron chi connectivity index (χ3n) is 6.64. The number of rotatable bonds is 6. The maximum absolute atomic E-state index is 13.5. The number of pyridine rings is 1. The Kier molecular flexibility index (Phi) is 9.99. The molecule has 222 valence electrons. The molecular weight excluding hydrogens is 541 g/mol. The van der Waals surface area contributed by atoms with Gasteiger partial charge in [0.15, 0.2) is 0 Å². The number of anilines is 3. The maximum Gasteiger partial charge on any atom is 0.416 e. The second-order valence-corrected chi connectivity index (χ2v) is 10.7. The van der Waals surface area contributed by atoms with E-state index in [1.807, 2.05) is 60.6 Å². The number of halogens is 3. The first-order valence-electron chi connectivity index (χ1n) is 13.8. The predicted molar refractivity (Wildman–Crippen MR) is 163 cm³/mol. The molecule has 0 bridgehead atoms. The molecule has 0 saturated carbocycles. The van der Waals surface area contributed by atoms with Crippen molar-refractivity contribution in [1.29, 1.82) is 0 Å². The Labute approximate surface area is 244 Å². The number of hydrogen-bond acceptors (Lipinski definition) is 4. The Morgan fingerprint density at radius 2 is 1.57 bits per heavy atom. The van der Waals surface area contributed by atoms with Crippen molar-refractivity contribution in [2.75, 3.05) is 10.6 Å². The molecule has 4 aromatic rings. The first kappa shape index (κ1) is 32.1. The minimum atomic E-state index is -4.47. The van der Waals surface area contributed by atoms with Crippen LogP contribution in [-0.2, 0) is 17.5 Å². The highest BCUT2D eigenvalue weighted by molar-refractivity contribution is 6.12. The van der Waals surface area contributed by atoms with E-state index in [1.54, 1.807) is 24.3 Å². The number of nitrogens with one attached hydrogen (secondary N) is 3. The zero-order chi connectivity index (χ0) is 31.2. The van der Waals surface area contributed by atoms with Gasteiger partial charge in [0.1, 0.15) is 5.82 Å². The zero-order valence-electron chi connectivity index (χ0n) is 25.0. The first-order valence-corrected chi connectivity index (χ1v) is 13.8. The van der Waals surface area contributed by atoms with E-state index in [0.717, 1.165) is 28.8 Å². The van der Waals surface area contributed by atoms with E-state index in [-0.39, 0.29) is 17.5 Å². The molecule has 0 radical (unpaired) electrons. The summed E-state index contributed by atoms with van der Waals surface area (Å²) in [4.78, 5) is 30.2. The Balaban J connectivity index is 0.00000237. The number of benzene rings is 3. The molecule has 0 spiro atoms. The molecule has 6 nitrogen and oxygen atoms in total. The summed E-state index contributed by atoms with van der Waals surface area (Å²) >= 11 is 0. The molecule has 42 heavy (non-hydrogen) atoms. The molecule has 0 saturated heterocycles. The van der Waals surface area contributed by atoms with Crippen LogP contribution in [0.2, 0.25) is 0 Å². The van der Waals surface area contributed by atoms with Gasteiger partial charge in [-0.3, -0.25) is 9.59 Å². The van der Waals surface area contributed by atoms with Crippen LogP contribution in [0.3, 0.4) is 0 Å². The SMILES string of the molecule is CC.Cc1ccc(CNC(=O)C(C)(C)C)c(C)c1C(=O)Nc1cccc2c(Nc3cccc(C(F)(F)F)c3)nccc12. The summed E-state index contributed by atoms with van der Waals surface area (Å²) in [7, 11) is 0. The fourth-order valence-corrected chi connectivity index (χ4v) is 4.38. The normalized spacial score (nSPS) is 11.4. The minimum absolute atomic E-state index is 0.0858. The molecule has 4 rings (SSSR count). The number of aromatic nitrogens is 1. The van der Waals surface area contributed by atoms with Crippen LogP contribution in [0.1, 0.15) is 67.2 Å². The van der Waals surface area contributed by atoms with E-state index >= 15 is 0 Å². The van der Waals surface area contributed by atoms with Gasteiger partial charge in [-0.1, -0.05) is 65.0 Å². The summed E-state index contributed by atoms with van der Waals surface area (Å²) in [5.41, 5.74) is 2.37. The molecule has 0 aliphatic heterocycles. The van der Waals surface area contributed by atoms with Crippen LogP contribution in [0.15, 0.2) is 66.9 Å². The number of amides is 2. The summed E-state index contributed by atoms with van der Waals surface area (Å²) in [5.74, 6) is -0.0371. The van der Waals surface area contributed by atoms with Crippen LogP contribution < -0.4 is 16.0 Å². The van der Waals surface area contributed by atoms with Crippen LogP contribution in [0, 0.1) is 19.3 Å². The van der Waals surface area contributed by atoms with Crippen LogP contribution in [0.25, 0.3) is 10.8 Å². The van der Waals surface area contributed by atoms with Gasteiger partial charge in [0.05, 0.1) is 5.56 Å². The third-order valence-corrected chi connectivity index (χ3v) is 6.64. The average Bonchev–Trinajstić information content (AvgIpc) is 2.93. The molecule has 0 unspecified atom stereocenters. The molecule has 0 aliphatic rings. The largest absolute Gasteiger partial charge is 0.416 e. The number of carbonyl (C=O) groups is 2. The molecule has 3 aromatic carbocycles. The topological polar surface area (TPSA) is 83.1 Å². The highest BCUT2D eigenvalue weighted by Crippen LogP contribution is 2.33. The van der Waals surface area contributed by atoms with Gasteiger partial charge >= 0.3 is 6.18 Å². The van der Waals surface area contributed by atoms with E-state index < -0.39 is 17.2 Å². The van der Waals surface area contributed by atoms with E-state index in [2.05, 4.69) is 20.9 Å². The molecular formula is C33H37F3N4O2. The lowest BCUT2D eigenvalue weighted by Gasteiger charge is -2.20. The fourth-order valence-electron chi connectivity index (χ4n) is 4.38. The van der Waals surface area contributed by atoms with E-state index in [1.165, 1.54) is 18.3 Å². The highest BCUT2D eigenvalue weighted by atomic mass is 19.4. The molecule has 1 heterocycles. The summed E-state index contributed by atoms with van der Waals surface area (Å²) in [5, 5.41) is 10.2. The molecule has 1 aromatic heterocycles. The minimum Gasteiger partial charge on any atom is -0.352 e. The number of fused-ring (bicyclic) bond motifs is 1. The fraction of sp³-hybridized carbons (Fsp3) is 0.303.